The van der Waals surface area contributed by atoms with Crippen molar-refractivity contribution >= 4 is 21.4 Å². The van der Waals surface area contributed by atoms with Gasteiger partial charge >= 0.3 is 0 Å². The van der Waals surface area contributed by atoms with E-state index in [1.807, 2.05) is 0 Å². The molecule has 0 fully saturated rings. The zero-order chi connectivity index (χ0) is 14.9. The van der Waals surface area contributed by atoms with Crippen molar-refractivity contribution in [2.75, 3.05) is 23.7 Å². The van der Waals surface area contributed by atoms with Crippen molar-refractivity contribution in [3.8, 4) is 11.5 Å². The lowest BCUT2D eigenvalue weighted by Gasteiger charge is -2.19. The van der Waals surface area contributed by atoms with E-state index in [0.29, 0.717) is 30.4 Å². The summed E-state index contributed by atoms with van der Waals surface area (Å²) >= 11 is 0. The van der Waals surface area contributed by atoms with Gasteiger partial charge < -0.3 is 15.2 Å². The molecule has 7 nitrogen and oxygen atoms in total. The van der Waals surface area contributed by atoms with Crippen LogP contribution >= 0.6 is 0 Å². The molecule has 2 heterocycles. The smallest absolute Gasteiger partial charge is 0.265 e. The molecule has 3 rings (SSSR count). The molecule has 1 aliphatic heterocycles. The number of ether oxygens (including phenoxy) is 2. The zero-order valence-corrected chi connectivity index (χ0v) is 11.8. The number of nitrogens with two attached hydrogens (primary N) is 1. The Hall–Kier alpha value is -2.48. The molecule has 1 aromatic heterocycles. The topological polar surface area (TPSA) is 104 Å². The first-order valence-electron chi connectivity index (χ1n) is 6.18. The molecule has 0 unspecified atom stereocenters. The van der Waals surface area contributed by atoms with Gasteiger partial charge in [-0.25, -0.2) is 8.42 Å². The monoisotopic (exact) mass is 307 g/mol. The fourth-order valence-electron chi connectivity index (χ4n) is 1.93. The minimum Gasteiger partial charge on any atom is -0.486 e. The van der Waals surface area contributed by atoms with Gasteiger partial charge in [0.1, 0.15) is 18.1 Å². The predicted molar refractivity (Wildman–Crippen MR) is 76.9 cm³/mol. The second kappa shape index (κ2) is 5.13. The zero-order valence-electron chi connectivity index (χ0n) is 10.9. The number of hydrogen-bond acceptors (Lipinski definition) is 6. The van der Waals surface area contributed by atoms with Gasteiger partial charge in [0, 0.05) is 18.5 Å². The molecule has 0 saturated carbocycles. The van der Waals surface area contributed by atoms with E-state index in [9.17, 15) is 8.42 Å². The van der Waals surface area contributed by atoms with Crippen LogP contribution in [0.5, 0.6) is 11.5 Å². The van der Waals surface area contributed by atoms with E-state index in [1.54, 1.807) is 18.2 Å². The van der Waals surface area contributed by atoms with E-state index < -0.39 is 10.0 Å². The van der Waals surface area contributed by atoms with Gasteiger partial charge in [0.2, 0.25) is 0 Å². The highest BCUT2D eigenvalue weighted by molar-refractivity contribution is 7.92. The van der Waals surface area contributed by atoms with E-state index >= 15 is 0 Å². The fourth-order valence-corrected chi connectivity index (χ4v) is 3.06. The standard InChI is InChI=1S/C13H13N3O4S/c14-10-3-4-15-8-13(10)21(17,18)16-9-1-2-11-12(7-9)20-6-5-19-11/h1-4,7-8,16H,5-6H2,(H2,14,15). The van der Waals surface area contributed by atoms with Gasteiger partial charge in [-0.05, 0) is 18.2 Å². The maximum Gasteiger partial charge on any atom is 0.265 e. The van der Waals surface area contributed by atoms with Crippen LogP contribution in [-0.4, -0.2) is 26.6 Å². The van der Waals surface area contributed by atoms with Crippen LogP contribution in [0.15, 0.2) is 41.6 Å². The second-order valence-electron chi connectivity index (χ2n) is 4.38. The molecule has 3 N–H and O–H groups in total. The van der Waals surface area contributed by atoms with E-state index in [0.717, 1.165) is 0 Å². The molecule has 0 bridgehead atoms. The van der Waals surface area contributed by atoms with E-state index in [1.165, 1.54) is 18.5 Å². The molecule has 8 heteroatoms. The van der Waals surface area contributed by atoms with E-state index in [4.69, 9.17) is 15.2 Å². The number of nitrogens with one attached hydrogen (secondary N) is 1. The van der Waals surface area contributed by atoms with Crippen molar-refractivity contribution in [2.45, 2.75) is 4.90 Å². The largest absolute Gasteiger partial charge is 0.486 e. The molecule has 1 aromatic carbocycles. The normalized spacial score (nSPS) is 13.7. The maximum atomic E-state index is 12.3. The molecule has 21 heavy (non-hydrogen) atoms. The minimum absolute atomic E-state index is 0.0695. The van der Waals surface area contributed by atoms with Crippen LogP contribution < -0.4 is 19.9 Å². The van der Waals surface area contributed by atoms with Crippen molar-refractivity contribution < 1.29 is 17.9 Å². The molecular formula is C13H13N3O4S. The Labute approximate surface area is 121 Å². The Kier molecular flexibility index (Phi) is 3.30. The summed E-state index contributed by atoms with van der Waals surface area (Å²) < 4.78 is 37.8. The molecule has 110 valence electrons. The summed E-state index contributed by atoms with van der Waals surface area (Å²) in [5.74, 6) is 1.09. The molecule has 1 aliphatic rings. The first-order chi connectivity index (χ1) is 10.1. The number of anilines is 2. The molecule has 0 atom stereocenters. The fraction of sp³-hybridized carbons (Fsp3) is 0.154. The van der Waals surface area contributed by atoms with Crippen molar-refractivity contribution in [3.05, 3.63) is 36.7 Å². The number of pyridine rings is 1. The number of sulfonamides is 1. The number of benzene rings is 1. The van der Waals surface area contributed by atoms with Crippen molar-refractivity contribution in [2.24, 2.45) is 0 Å². The van der Waals surface area contributed by atoms with Crippen LogP contribution in [0.3, 0.4) is 0 Å². The number of nitrogens with zero attached hydrogens (tertiary/aromatic N) is 1. The number of hydrogen-bond donors (Lipinski definition) is 2. The Morgan fingerprint density at radius 1 is 1.14 bits per heavy atom. The van der Waals surface area contributed by atoms with Gasteiger partial charge in [-0.2, -0.15) is 0 Å². The van der Waals surface area contributed by atoms with Crippen LogP contribution in [0, 0.1) is 0 Å². The number of aromatic nitrogens is 1. The second-order valence-corrected chi connectivity index (χ2v) is 6.03. The first-order valence-corrected chi connectivity index (χ1v) is 7.66. The molecule has 0 spiro atoms. The maximum absolute atomic E-state index is 12.3. The van der Waals surface area contributed by atoms with E-state index in [-0.39, 0.29) is 10.6 Å². The van der Waals surface area contributed by atoms with Gasteiger partial charge in [0.15, 0.2) is 11.5 Å². The summed E-state index contributed by atoms with van der Waals surface area (Å²) in [5, 5.41) is 0. The number of nitrogen functional groups attached to an aromatic ring is 1. The van der Waals surface area contributed by atoms with Gasteiger partial charge in [-0.3, -0.25) is 9.71 Å². The number of fused-ring (bicyclic) bond motifs is 1. The predicted octanol–water partition coefficient (Wildman–Crippen LogP) is 1.24. The van der Waals surface area contributed by atoms with Crippen LogP contribution in [0.2, 0.25) is 0 Å². The summed E-state index contributed by atoms with van der Waals surface area (Å²) in [4.78, 5) is 3.71. The highest BCUT2D eigenvalue weighted by Gasteiger charge is 2.19. The van der Waals surface area contributed by atoms with Gasteiger partial charge in [-0.15, -0.1) is 0 Å². The van der Waals surface area contributed by atoms with Gasteiger partial charge in [-0.1, -0.05) is 0 Å². The Bertz CT molecular complexity index is 777. The molecule has 0 aliphatic carbocycles. The Morgan fingerprint density at radius 2 is 1.90 bits per heavy atom. The van der Waals surface area contributed by atoms with Crippen LogP contribution in [0.1, 0.15) is 0 Å². The Balaban J connectivity index is 1.91. The SMILES string of the molecule is Nc1ccncc1S(=O)(=O)Nc1ccc2c(c1)OCCO2. The lowest BCUT2D eigenvalue weighted by molar-refractivity contribution is 0.171. The summed E-state index contributed by atoms with van der Waals surface area (Å²) in [6, 6.07) is 6.24. The summed E-state index contributed by atoms with van der Waals surface area (Å²) in [6.07, 6.45) is 2.63. The summed E-state index contributed by atoms with van der Waals surface area (Å²) in [6.45, 7) is 0.906. The lowest BCUT2D eigenvalue weighted by atomic mass is 10.3. The third-order valence-electron chi connectivity index (χ3n) is 2.90. The van der Waals surface area contributed by atoms with Crippen LogP contribution in [0.25, 0.3) is 0 Å². The lowest BCUT2D eigenvalue weighted by Crippen LogP contribution is -2.17. The Morgan fingerprint density at radius 3 is 2.67 bits per heavy atom. The van der Waals surface area contributed by atoms with Gasteiger partial charge in [0.25, 0.3) is 10.0 Å². The van der Waals surface area contributed by atoms with Crippen molar-refractivity contribution in [3.63, 3.8) is 0 Å². The summed E-state index contributed by atoms with van der Waals surface area (Å²) in [5.41, 5.74) is 6.17. The average Bonchev–Trinajstić information content (AvgIpc) is 2.47. The van der Waals surface area contributed by atoms with Crippen LogP contribution in [-0.2, 0) is 10.0 Å². The highest BCUT2D eigenvalue weighted by Crippen LogP contribution is 2.33. The minimum atomic E-state index is -3.80. The molecule has 0 amide bonds. The number of rotatable bonds is 3. The third-order valence-corrected chi connectivity index (χ3v) is 4.32. The average molecular weight is 307 g/mol. The van der Waals surface area contributed by atoms with Crippen molar-refractivity contribution in [1.29, 1.82) is 0 Å². The molecule has 0 saturated heterocycles. The molecule has 2 aromatic rings. The highest BCUT2D eigenvalue weighted by atomic mass is 32.2. The van der Waals surface area contributed by atoms with Crippen LogP contribution in [0.4, 0.5) is 11.4 Å². The molecular weight excluding hydrogens is 294 g/mol. The molecule has 0 radical (unpaired) electrons. The van der Waals surface area contributed by atoms with E-state index in [2.05, 4.69) is 9.71 Å². The quantitative estimate of drug-likeness (QED) is 0.884. The summed E-state index contributed by atoms with van der Waals surface area (Å²) in [7, 11) is -3.80. The first kappa shape index (κ1) is 13.5. The van der Waals surface area contributed by atoms with Crippen molar-refractivity contribution in [1.82, 2.24) is 4.98 Å². The third kappa shape index (κ3) is 2.70. The van der Waals surface area contributed by atoms with Gasteiger partial charge in [0.05, 0.1) is 11.4 Å².